The topological polar surface area (TPSA) is 84.2 Å². The lowest BCUT2D eigenvalue weighted by Crippen LogP contribution is -2.14. The standard InChI is InChI=1S/C16H21N3O2S/c1-12-9-13(2)11-15(10-12)19-8-7-18-14-3-5-16(6-4-14)22(17,20)21/h3-6,9-11,18-19H,7-8H2,1-2H3,(H2,17,20,21). The van der Waals surface area contributed by atoms with Crippen LogP contribution in [-0.2, 0) is 10.0 Å². The Kier molecular flexibility index (Phi) is 5.05. The van der Waals surface area contributed by atoms with Crippen molar-refractivity contribution < 1.29 is 8.42 Å². The Morgan fingerprint density at radius 1 is 0.864 bits per heavy atom. The number of sulfonamides is 1. The first-order chi connectivity index (χ1) is 10.3. The molecule has 22 heavy (non-hydrogen) atoms. The Hall–Kier alpha value is -2.05. The van der Waals surface area contributed by atoms with E-state index in [1.807, 2.05) is 0 Å². The van der Waals surface area contributed by atoms with Gasteiger partial charge in [-0.15, -0.1) is 0 Å². The summed E-state index contributed by atoms with van der Waals surface area (Å²) in [6.07, 6.45) is 0. The van der Waals surface area contributed by atoms with Gasteiger partial charge in [0, 0.05) is 24.5 Å². The first-order valence-electron chi connectivity index (χ1n) is 7.03. The summed E-state index contributed by atoms with van der Waals surface area (Å²) < 4.78 is 22.3. The molecule has 0 unspecified atom stereocenters. The fraction of sp³-hybridized carbons (Fsp3) is 0.250. The van der Waals surface area contributed by atoms with E-state index in [1.54, 1.807) is 12.1 Å². The Morgan fingerprint density at radius 3 is 1.86 bits per heavy atom. The minimum Gasteiger partial charge on any atom is -0.383 e. The molecular formula is C16H21N3O2S. The molecule has 2 rings (SSSR count). The van der Waals surface area contributed by atoms with Crippen LogP contribution in [0.1, 0.15) is 11.1 Å². The third-order valence-corrected chi connectivity index (χ3v) is 4.12. The highest BCUT2D eigenvalue weighted by atomic mass is 32.2. The van der Waals surface area contributed by atoms with Gasteiger partial charge in [0.1, 0.15) is 0 Å². The van der Waals surface area contributed by atoms with Gasteiger partial charge in [-0.05, 0) is 61.4 Å². The summed E-state index contributed by atoms with van der Waals surface area (Å²) in [5, 5.41) is 11.6. The predicted octanol–water partition coefficient (Wildman–Crippen LogP) is 2.47. The van der Waals surface area contributed by atoms with Gasteiger partial charge in [0.05, 0.1) is 4.90 Å². The second kappa shape index (κ2) is 6.81. The van der Waals surface area contributed by atoms with E-state index in [1.165, 1.54) is 23.3 Å². The van der Waals surface area contributed by atoms with Gasteiger partial charge in [0.25, 0.3) is 0 Å². The molecule has 0 saturated carbocycles. The lowest BCUT2D eigenvalue weighted by Gasteiger charge is -2.10. The predicted molar refractivity (Wildman–Crippen MR) is 90.7 cm³/mol. The van der Waals surface area contributed by atoms with Crippen molar-refractivity contribution in [2.75, 3.05) is 23.7 Å². The van der Waals surface area contributed by atoms with Gasteiger partial charge in [0.15, 0.2) is 0 Å². The van der Waals surface area contributed by atoms with Crippen LogP contribution in [0.2, 0.25) is 0 Å². The number of hydrogen-bond acceptors (Lipinski definition) is 4. The lowest BCUT2D eigenvalue weighted by atomic mass is 10.1. The minimum atomic E-state index is -3.63. The van der Waals surface area contributed by atoms with E-state index in [-0.39, 0.29) is 4.90 Å². The van der Waals surface area contributed by atoms with Crippen LogP contribution < -0.4 is 15.8 Å². The average Bonchev–Trinajstić information content (AvgIpc) is 2.42. The number of aryl methyl sites for hydroxylation is 2. The zero-order chi connectivity index (χ0) is 16.2. The van der Waals surface area contributed by atoms with Gasteiger partial charge in [-0.25, -0.2) is 13.6 Å². The molecular weight excluding hydrogens is 298 g/mol. The highest BCUT2D eigenvalue weighted by molar-refractivity contribution is 7.89. The van der Waals surface area contributed by atoms with Crippen molar-refractivity contribution in [3.63, 3.8) is 0 Å². The molecule has 0 amide bonds. The number of rotatable bonds is 6. The molecule has 0 aromatic heterocycles. The summed E-state index contributed by atoms with van der Waals surface area (Å²) in [7, 11) is -3.63. The van der Waals surface area contributed by atoms with E-state index in [4.69, 9.17) is 5.14 Å². The number of primary sulfonamides is 1. The summed E-state index contributed by atoms with van der Waals surface area (Å²) in [5.74, 6) is 0. The van der Waals surface area contributed by atoms with Gasteiger partial charge in [-0.1, -0.05) is 6.07 Å². The van der Waals surface area contributed by atoms with Crippen molar-refractivity contribution in [1.29, 1.82) is 0 Å². The molecule has 2 aromatic rings. The minimum absolute atomic E-state index is 0.117. The Bertz CT molecular complexity index is 720. The second-order valence-electron chi connectivity index (χ2n) is 5.30. The quantitative estimate of drug-likeness (QED) is 0.714. The van der Waals surface area contributed by atoms with E-state index in [9.17, 15) is 8.42 Å². The number of anilines is 2. The van der Waals surface area contributed by atoms with Crippen molar-refractivity contribution in [2.24, 2.45) is 5.14 Å². The van der Waals surface area contributed by atoms with Gasteiger partial charge in [0.2, 0.25) is 10.0 Å². The van der Waals surface area contributed by atoms with Crippen molar-refractivity contribution in [2.45, 2.75) is 18.7 Å². The molecule has 0 heterocycles. The van der Waals surface area contributed by atoms with Crippen LogP contribution in [0.25, 0.3) is 0 Å². The van der Waals surface area contributed by atoms with Gasteiger partial charge < -0.3 is 10.6 Å². The molecule has 2 aromatic carbocycles. The smallest absolute Gasteiger partial charge is 0.238 e. The van der Waals surface area contributed by atoms with Gasteiger partial charge in [-0.3, -0.25) is 0 Å². The fourth-order valence-corrected chi connectivity index (χ4v) is 2.77. The zero-order valence-electron chi connectivity index (χ0n) is 12.8. The maximum absolute atomic E-state index is 11.2. The molecule has 0 aliphatic rings. The average molecular weight is 319 g/mol. The van der Waals surface area contributed by atoms with Crippen molar-refractivity contribution in [1.82, 2.24) is 0 Å². The molecule has 118 valence electrons. The van der Waals surface area contributed by atoms with Crippen LogP contribution in [-0.4, -0.2) is 21.5 Å². The fourth-order valence-electron chi connectivity index (χ4n) is 2.25. The molecule has 4 N–H and O–H groups in total. The van der Waals surface area contributed by atoms with Crippen LogP contribution in [0.5, 0.6) is 0 Å². The molecule has 0 bridgehead atoms. The number of nitrogens with two attached hydrogens (primary N) is 1. The number of nitrogens with one attached hydrogen (secondary N) is 2. The van der Waals surface area contributed by atoms with E-state index >= 15 is 0 Å². The molecule has 5 nitrogen and oxygen atoms in total. The van der Waals surface area contributed by atoms with Crippen LogP contribution >= 0.6 is 0 Å². The van der Waals surface area contributed by atoms with Crippen molar-refractivity contribution in [3.8, 4) is 0 Å². The van der Waals surface area contributed by atoms with Crippen LogP contribution in [0.4, 0.5) is 11.4 Å². The number of benzene rings is 2. The maximum Gasteiger partial charge on any atom is 0.238 e. The number of hydrogen-bond donors (Lipinski definition) is 3. The first kappa shape index (κ1) is 16.3. The summed E-state index contributed by atoms with van der Waals surface area (Å²) in [6.45, 7) is 5.63. The first-order valence-corrected chi connectivity index (χ1v) is 8.58. The van der Waals surface area contributed by atoms with E-state index in [0.717, 1.165) is 24.5 Å². The largest absolute Gasteiger partial charge is 0.383 e. The molecule has 0 saturated heterocycles. The molecule has 6 heteroatoms. The summed E-state index contributed by atoms with van der Waals surface area (Å²) in [6, 6.07) is 12.7. The van der Waals surface area contributed by atoms with Crippen LogP contribution in [0, 0.1) is 13.8 Å². The summed E-state index contributed by atoms with van der Waals surface area (Å²) >= 11 is 0. The molecule has 0 aliphatic heterocycles. The molecule has 0 aliphatic carbocycles. The highest BCUT2D eigenvalue weighted by Crippen LogP contribution is 2.14. The van der Waals surface area contributed by atoms with E-state index in [2.05, 4.69) is 42.7 Å². The Balaban J connectivity index is 1.84. The molecule has 0 spiro atoms. The Labute approximate surface area is 131 Å². The Morgan fingerprint density at radius 2 is 1.36 bits per heavy atom. The van der Waals surface area contributed by atoms with Crippen LogP contribution in [0.3, 0.4) is 0 Å². The van der Waals surface area contributed by atoms with Crippen molar-refractivity contribution >= 4 is 21.4 Å². The van der Waals surface area contributed by atoms with Crippen molar-refractivity contribution in [3.05, 3.63) is 53.6 Å². The van der Waals surface area contributed by atoms with Crippen LogP contribution in [0.15, 0.2) is 47.4 Å². The SMILES string of the molecule is Cc1cc(C)cc(NCCNc2ccc(S(N)(=O)=O)cc2)c1. The molecule has 0 atom stereocenters. The lowest BCUT2D eigenvalue weighted by molar-refractivity contribution is 0.598. The third-order valence-electron chi connectivity index (χ3n) is 3.19. The zero-order valence-corrected chi connectivity index (χ0v) is 13.6. The third kappa shape index (κ3) is 4.75. The normalized spacial score (nSPS) is 11.2. The van der Waals surface area contributed by atoms with E-state index in [0.29, 0.717) is 0 Å². The van der Waals surface area contributed by atoms with E-state index < -0.39 is 10.0 Å². The molecule has 0 radical (unpaired) electrons. The van der Waals surface area contributed by atoms with Gasteiger partial charge >= 0.3 is 0 Å². The van der Waals surface area contributed by atoms with Gasteiger partial charge in [-0.2, -0.15) is 0 Å². The monoisotopic (exact) mass is 319 g/mol. The molecule has 0 fully saturated rings. The highest BCUT2D eigenvalue weighted by Gasteiger charge is 2.06. The summed E-state index contributed by atoms with van der Waals surface area (Å²) in [5.41, 5.74) is 4.42. The second-order valence-corrected chi connectivity index (χ2v) is 6.86. The summed E-state index contributed by atoms with van der Waals surface area (Å²) in [4.78, 5) is 0.117. The maximum atomic E-state index is 11.2.